The molecule has 0 bridgehead atoms. The van der Waals surface area contributed by atoms with Crippen molar-refractivity contribution in [2.24, 2.45) is 0 Å². The van der Waals surface area contributed by atoms with Crippen LogP contribution in [0.1, 0.15) is 17.3 Å². The van der Waals surface area contributed by atoms with Crippen LogP contribution in [-0.2, 0) is 10.0 Å². The highest BCUT2D eigenvalue weighted by Gasteiger charge is 2.18. The SMILES string of the molecule is CCN(c1cc(F)cc(C(=O)O)c1)S(C)(=O)=O. The van der Waals surface area contributed by atoms with Crippen LogP contribution in [-0.4, -0.2) is 32.3 Å². The van der Waals surface area contributed by atoms with Crippen LogP contribution in [0, 0.1) is 5.82 Å². The first-order chi connectivity index (χ1) is 7.75. The second-order valence-corrected chi connectivity index (χ2v) is 5.34. The van der Waals surface area contributed by atoms with Gasteiger partial charge in [0.05, 0.1) is 17.5 Å². The summed E-state index contributed by atoms with van der Waals surface area (Å²) < 4.78 is 36.9. The van der Waals surface area contributed by atoms with Crippen molar-refractivity contribution in [1.29, 1.82) is 0 Å². The number of benzene rings is 1. The summed E-state index contributed by atoms with van der Waals surface area (Å²) >= 11 is 0. The molecule has 5 nitrogen and oxygen atoms in total. The summed E-state index contributed by atoms with van der Waals surface area (Å²) in [7, 11) is -3.55. The molecule has 1 rings (SSSR count). The fourth-order valence-electron chi connectivity index (χ4n) is 1.45. The molecule has 1 aromatic rings. The minimum absolute atomic E-state index is 0.00685. The maximum Gasteiger partial charge on any atom is 0.335 e. The molecule has 94 valence electrons. The van der Waals surface area contributed by atoms with E-state index in [2.05, 4.69) is 0 Å². The topological polar surface area (TPSA) is 74.7 Å². The van der Waals surface area contributed by atoms with E-state index in [1.165, 1.54) is 0 Å². The summed E-state index contributed by atoms with van der Waals surface area (Å²) in [5, 5.41) is 8.76. The Kier molecular flexibility index (Phi) is 3.72. The van der Waals surface area contributed by atoms with Gasteiger partial charge in [0, 0.05) is 6.54 Å². The molecule has 0 aromatic heterocycles. The first-order valence-electron chi connectivity index (χ1n) is 4.77. The molecular formula is C10H12FNO4S. The van der Waals surface area contributed by atoms with Crippen LogP contribution in [0.15, 0.2) is 18.2 Å². The van der Waals surface area contributed by atoms with Crippen LogP contribution in [0.5, 0.6) is 0 Å². The lowest BCUT2D eigenvalue weighted by Gasteiger charge is -2.20. The van der Waals surface area contributed by atoms with Crippen LogP contribution in [0.2, 0.25) is 0 Å². The van der Waals surface area contributed by atoms with Crippen molar-refractivity contribution in [3.8, 4) is 0 Å². The highest BCUT2D eigenvalue weighted by Crippen LogP contribution is 2.20. The van der Waals surface area contributed by atoms with Crippen molar-refractivity contribution in [3.63, 3.8) is 0 Å². The molecule has 0 aliphatic carbocycles. The summed E-state index contributed by atoms with van der Waals surface area (Å²) in [6.07, 6.45) is 0.974. The van der Waals surface area contributed by atoms with E-state index in [4.69, 9.17) is 5.11 Å². The van der Waals surface area contributed by atoms with Crippen molar-refractivity contribution >= 4 is 21.7 Å². The van der Waals surface area contributed by atoms with Crippen LogP contribution in [0.3, 0.4) is 0 Å². The maximum absolute atomic E-state index is 13.2. The predicted molar refractivity (Wildman–Crippen MR) is 61.2 cm³/mol. The lowest BCUT2D eigenvalue weighted by Crippen LogP contribution is -2.29. The molecule has 0 amide bonds. The highest BCUT2D eigenvalue weighted by atomic mass is 32.2. The number of carboxylic acid groups (broad SMARTS) is 1. The van der Waals surface area contributed by atoms with E-state index in [-0.39, 0.29) is 17.8 Å². The summed E-state index contributed by atoms with van der Waals surface area (Å²) in [5.74, 6) is -2.10. The molecule has 0 saturated carbocycles. The van der Waals surface area contributed by atoms with Gasteiger partial charge in [-0.2, -0.15) is 0 Å². The van der Waals surface area contributed by atoms with E-state index in [1.807, 2.05) is 0 Å². The zero-order valence-corrected chi connectivity index (χ0v) is 10.2. The minimum atomic E-state index is -3.55. The van der Waals surface area contributed by atoms with Crippen molar-refractivity contribution in [1.82, 2.24) is 0 Å². The number of carboxylic acids is 1. The van der Waals surface area contributed by atoms with Gasteiger partial charge in [-0.15, -0.1) is 0 Å². The average Bonchev–Trinajstić information content (AvgIpc) is 2.15. The van der Waals surface area contributed by atoms with Gasteiger partial charge in [0.25, 0.3) is 0 Å². The molecule has 0 atom stereocenters. The Balaban J connectivity index is 3.35. The largest absolute Gasteiger partial charge is 0.478 e. The number of hydrogen-bond acceptors (Lipinski definition) is 3. The second kappa shape index (κ2) is 4.70. The molecule has 0 aliphatic heterocycles. The van der Waals surface area contributed by atoms with Gasteiger partial charge in [-0.1, -0.05) is 0 Å². The summed E-state index contributed by atoms with van der Waals surface area (Å²) in [6.45, 7) is 1.67. The number of rotatable bonds is 4. The Morgan fingerprint density at radius 1 is 1.41 bits per heavy atom. The Hall–Kier alpha value is -1.63. The fraction of sp³-hybridized carbons (Fsp3) is 0.300. The summed E-state index contributed by atoms with van der Waals surface area (Å²) in [5.41, 5.74) is -0.283. The van der Waals surface area contributed by atoms with Crippen molar-refractivity contribution in [3.05, 3.63) is 29.6 Å². The molecule has 7 heteroatoms. The van der Waals surface area contributed by atoms with Crippen molar-refractivity contribution in [2.75, 3.05) is 17.1 Å². The number of halogens is 1. The molecule has 0 aliphatic rings. The summed E-state index contributed by atoms with van der Waals surface area (Å²) in [4.78, 5) is 10.7. The van der Waals surface area contributed by atoms with Gasteiger partial charge in [0.15, 0.2) is 0 Å². The Labute approximate surface area is 98.5 Å². The van der Waals surface area contributed by atoms with Crippen LogP contribution >= 0.6 is 0 Å². The first-order valence-corrected chi connectivity index (χ1v) is 6.62. The maximum atomic E-state index is 13.2. The van der Waals surface area contributed by atoms with E-state index < -0.39 is 21.8 Å². The van der Waals surface area contributed by atoms with E-state index >= 15 is 0 Å². The standard InChI is InChI=1S/C10H12FNO4S/c1-3-12(17(2,15)16)9-5-7(10(13)14)4-8(11)6-9/h4-6H,3H2,1-2H3,(H,13,14). The molecule has 0 radical (unpaired) electrons. The Morgan fingerprint density at radius 2 is 2.00 bits per heavy atom. The molecule has 1 aromatic carbocycles. The lowest BCUT2D eigenvalue weighted by atomic mass is 10.2. The van der Waals surface area contributed by atoms with E-state index in [1.54, 1.807) is 6.92 Å². The van der Waals surface area contributed by atoms with Crippen molar-refractivity contribution < 1.29 is 22.7 Å². The number of aromatic carboxylic acids is 1. The van der Waals surface area contributed by atoms with Gasteiger partial charge in [-0.3, -0.25) is 4.31 Å². The summed E-state index contributed by atoms with van der Waals surface area (Å²) in [6, 6.07) is 2.94. The van der Waals surface area contributed by atoms with E-state index in [0.29, 0.717) is 0 Å². The number of sulfonamides is 1. The molecule has 17 heavy (non-hydrogen) atoms. The zero-order chi connectivity index (χ0) is 13.2. The van der Waals surface area contributed by atoms with Gasteiger partial charge in [0.1, 0.15) is 5.82 Å². The van der Waals surface area contributed by atoms with Gasteiger partial charge in [0.2, 0.25) is 10.0 Å². The first kappa shape index (κ1) is 13.4. The minimum Gasteiger partial charge on any atom is -0.478 e. The second-order valence-electron chi connectivity index (χ2n) is 3.43. The monoisotopic (exact) mass is 261 g/mol. The Bertz CT molecular complexity index is 541. The predicted octanol–water partition coefficient (Wildman–Crippen LogP) is 1.31. The zero-order valence-electron chi connectivity index (χ0n) is 9.34. The smallest absolute Gasteiger partial charge is 0.335 e. The van der Waals surface area contributed by atoms with Gasteiger partial charge >= 0.3 is 5.97 Å². The highest BCUT2D eigenvalue weighted by molar-refractivity contribution is 7.92. The number of nitrogens with zero attached hydrogens (tertiary/aromatic N) is 1. The van der Waals surface area contributed by atoms with Gasteiger partial charge in [-0.25, -0.2) is 17.6 Å². The van der Waals surface area contributed by atoms with Crippen LogP contribution in [0.4, 0.5) is 10.1 Å². The third kappa shape index (κ3) is 3.16. The molecule has 0 spiro atoms. The Morgan fingerprint density at radius 3 is 2.41 bits per heavy atom. The third-order valence-electron chi connectivity index (χ3n) is 2.11. The van der Waals surface area contributed by atoms with Crippen LogP contribution < -0.4 is 4.31 Å². The van der Waals surface area contributed by atoms with E-state index in [0.717, 1.165) is 28.8 Å². The van der Waals surface area contributed by atoms with E-state index in [9.17, 15) is 17.6 Å². The van der Waals surface area contributed by atoms with Gasteiger partial charge < -0.3 is 5.11 Å². The quantitative estimate of drug-likeness (QED) is 0.886. The molecule has 0 saturated heterocycles. The van der Waals surface area contributed by atoms with Crippen molar-refractivity contribution in [2.45, 2.75) is 6.92 Å². The molecule has 0 unspecified atom stereocenters. The number of carbonyl (C=O) groups is 1. The average molecular weight is 261 g/mol. The molecular weight excluding hydrogens is 249 g/mol. The third-order valence-corrected chi connectivity index (χ3v) is 3.37. The molecule has 1 N–H and O–H groups in total. The fourth-order valence-corrected chi connectivity index (χ4v) is 2.41. The lowest BCUT2D eigenvalue weighted by molar-refractivity contribution is 0.0696. The van der Waals surface area contributed by atoms with Crippen LogP contribution in [0.25, 0.3) is 0 Å². The number of hydrogen-bond donors (Lipinski definition) is 1. The molecule has 0 fully saturated rings. The molecule has 0 heterocycles. The van der Waals surface area contributed by atoms with Gasteiger partial charge in [-0.05, 0) is 25.1 Å². The normalized spacial score (nSPS) is 11.2. The number of anilines is 1.